The van der Waals surface area contributed by atoms with Gasteiger partial charge in [0.05, 0.1) is 5.56 Å². The van der Waals surface area contributed by atoms with E-state index in [0.29, 0.717) is 12.1 Å². The van der Waals surface area contributed by atoms with Crippen LogP contribution in [0.25, 0.3) is 0 Å². The molecule has 116 valence electrons. The van der Waals surface area contributed by atoms with E-state index in [1.165, 1.54) is 16.9 Å². The summed E-state index contributed by atoms with van der Waals surface area (Å²) >= 11 is 1.78. The summed E-state index contributed by atoms with van der Waals surface area (Å²) in [5, 5.41) is 5.33. The summed E-state index contributed by atoms with van der Waals surface area (Å²) in [5.74, 6) is 0.916. The molecular weight excluding hydrogens is 280 g/mol. The minimum atomic E-state index is 0.151. The standard InChI is InChI=1S/C17H26N2OS/c1-11(2)19-7-6-13(9-19)18-17(20)15-10-21-16-8-12(3)4-5-14(15)16/h10-13H,4-9H2,1-3H3,(H,18,20). The highest BCUT2D eigenvalue weighted by atomic mass is 32.1. The highest BCUT2D eigenvalue weighted by Gasteiger charge is 2.28. The Kier molecular flexibility index (Phi) is 4.36. The van der Waals surface area contributed by atoms with Gasteiger partial charge >= 0.3 is 0 Å². The molecule has 0 aromatic carbocycles. The van der Waals surface area contributed by atoms with Crippen molar-refractivity contribution in [3.63, 3.8) is 0 Å². The first kappa shape index (κ1) is 15.0. The van der Waals surface area contributed by atoms with Crippen molar-refractivity contribution in [3.05, 3.63) is 21.4 Å². The average molecular weight is 306 g/mol. The number of nitrogens with one attached hydrogen (secondary N) is 1. The number of hydrogen-bond acceptors (Lipinski definition) is 3. The Hall–Kier alpha value is -0.870. The molecule has 1 aliphatic carbocycles. The van der Waals surface area contributed by atoms with E-state index in [1.54, 1.807) is 11.3 Å². The number of hydrogen-bond donors (Lipinski definition) is 1. The summed E-state index contributed by atoms with van der Waals surface area (Å²) in [4.78, 5) is 16.4. The normalized spacial score (nSPS) is 26.1. The van der Waals surface area contributed by atoms with Crippen LogP contribution in [0, 0.1) is 5.92 Å². The van der Waals surface area contributed by atoms with Crippen LogP contribution < -0.4 is 5.32 Å². The average Bonchev–Trinajstić information content (AvgIpc) is 3.04. The molecule has 1 amide bonds. The Balaban J connectivity index is 1.64. The summed E-state index contributed by atoms with van der Waals surface area (Å²) in [6.45, 7) is 8.84. The van der Waals surface area contributed by atoms with E-state index in [9.17, 15) is 4.79 Å². The van der Waals surface area contributed by atoms with Gasteiger partial charge in [0.25, 0.3) is 5.91 Å². The lowest BCUT2D eigenvalue weighted by Crippen LogP contribution is -2.38. The molecule has 0 spiro atoms. The minimum absolute atomic E-state index is 0.151. The highest BCUT2D eigenvalue weighted by molar-refractivity contribution is 7.10. The number of nitrogens with zero attached hydrogens (tertiary/aromatic N) is 1. The van der Waals surface area contributed by atoms with Gasteiger partial charge in [-0.25, -0.2) is 0 Å². The molecule has 3 rings (SSSR count). The van der Waals surface area contributed by atoms with E-state index in [1.807, 2.05) is 0 Å². The Bertz CT molecular complexity index is 523. The van der Waals surface area contributed by atoms with Crippen LogP contribution in [0.2, 0.25) is 0 Å². The highest BCUT2D eigenvalue weighted by Crippen LogP contribution is 2.32. The summed E-state index contributed by atoms with van der Waals surface area (Å²) < 4.78 is 0. The fourth-order valence-corrected chi connectivity index (χ4v) is 4.75. The zero-order valence-corrected chi connectivity index (χ0v) is 14.1. The molecule has 3 nitrogen and oxygen atoms in total. The van der Waals surface area contributed by atoms with Gasteiger partial charge in [0.2, 0.25) is 0 Å². The van der Waals surface area contributed by atoms with Gasteiger partial charge in [0, 0.05) is 35.4 Å². The monoisotopic (exact) mass is 306 g/mol. The fraction of sp³-hybridized carbons (Fsp3) is 0.706. The van der Waals surface area contributed by atoms with Gasteiger partial charge in [-0.2, -0.15) is 0 Å². The van der Waals surface area contributed by atoms with Crippen molar-refractivity contribution in [1.82, 2.24) is 10.2 Å². The predicted molar refractivity (Wildman–Crippen MR) is 88.1 cm³/mol. The maximum atomic E-state index is 12.6. The smallest absolute Gasteiger partial charge is 0.252 e. The number of carbonyl (C=O) groups is 1. The van der Waals surface area contributed by atoms with Gasteiger partial charge in [-0.3, -0.25) is 9.69 Å². The Morgan fingerprint density at radius 1 is 1.43 bits per heavy atom. The lowest BCUT2D eigenvalue weighted by atomic mass is 9.88. The van der Waals surface area contributed by atoms with Crippen molar-refractivity contribution in [3.8, 4) is 0 Å². The third-order valence-electron chi connectivity index (χ3n) is 4.93. The zero-order valence-electron chi connectivity index (χ0n) is 13.3. The number of rotatable bonds is 3. The molecule has 1 saturated heterocycles. The maximum absolute atomic E-state index is 12.6. The van der Waals surface area contributed by atoms with Gasteiger partial charge in [-0.1, -0.05) is 6.92 Å². The van der Waals surface area contributed by atoms with Crippen LogP contribution in [-0.4, -0.2) is 36.0 Å². The molecule has 0 bridgehead atoms. The summed E-state index contributed by atoms with van der Waals surface area (Å²) in [5.41, 5.74) is 2.28. The van der Waals surface area contributed by atoms with Gasteiger partial charge in [0.1, 0.15) is 0 Å². The van der Waals surface area contributed by atoms with Crippen molar-refractivity contribution in [1.29, 1.82) is 0 Å². The van der Waals surface area contributed by atoms with Gasteiger partial charge < -0.3 is 5.32 Å². The topological polar surface area (TPSA) is 32.3 Å². The molecule has 4 heteroatoms. The van der Waals surface area contributed by atoms with E-state index in [2.05, 4.69) is 36.4 Å². The zero-order chi connectivity index (χ0) is 15.0. The first-order chi connectivity index (χ1) is 10.0. The van der Waals surface area contributed by atoms with Crippen LogP contribution in [-0.2, 0) is 12.8 Å². The molecule has 0 saturated carbocycles. The second-order valence-electron chi connectivity index (χ2n) is 6.95. The molecule has 2 atom stereocenters. The maximum Gasteiger partial charge on any atom is 0.252 e. The molecule has 2 unspecified atom stereocenters. The molecule has 0 radical (unpaired) electrons. The minimum Gasteiger partial charge on any atom is -0.348 e. The van der Waals surface area contributed by atoms with E-state index in [0.717, 1.165) is 43.8 Å². The van der Waals surface area contributed by atoms with Gasteiger partial charge in [-0.05, 0) is 51.0 Å². The van der Waals surface area contributed by atoms with E-state index >= 15 is 0 Å². The molecule has 1 fully saturated rings. The van der Waals surface area contributed by atoms with Crippen LogP contribution in [0.5, 0.6) is 0 Å². The third kappa shape index (κ3) is 3.16. The molecule has 1 N–H and O–H groups in total. The van der Waals surface area contributed by atoms with Crippen LogP contribution in [0.4, 0.5) is 0 Å². The molecule has 1 aromatic rings. The van der Waals surface area contributed by atoms with Crippen LogP contribution in [0.3, 0.4) is 0 Å². The Labute approximate surface area is 131 Å². The number of fused-ring (bicyclic) bond motifs is 1. The third-order valence-corrected chi connectivity index (χ3v) is 5.98. The van der Waals surface area contributed by atoms with Crippen molar-refractivity contribution >= 4 is 17.2 Å². The summed E-state index contributed by atoms with van der Waals surface area (Å²) in [6, 6.07) is 0.889. The second-order valence-corrected chi connectivity index (χ2v) is 7.91. The van der Waals surface area contributed by atoms with E-state index in [4.69, 9.17) is 0 Å². The Morgan fingerprint density at radius 2 is 2.24 bits per heavy atom. The second kappa shape index (κ2) is 6.09. The Morgan fingerprint density at radius 3 is 2.95 bits per heavy atom. The van der Waals surface area contributed by atoms with Crippen LogP contribution >= 0.6 is 11.3 Å². The lowest BCUT2D eigenvalue weighted by Gasteiger charge is -2.21. The largest absolute Gasteiger partial charge is 0.348 e. The van der Waals surface area contributed by atoms with Gasteiger partial charge in [0.15, 0.2) is 0 Å². The van der Waals surface area contributed by atoms with E-state index < -0.39 is 0 Å². The molecule has 2 heterocycles. The molecular formula is C17H26N2OS. The van der Waals surface area contributed by atoms with Crippen molar-refractivity contribution in [2.24, 2.45) is 5.92 Å². The fourth-order valence-electron chi connectivity index (χ4n) is 3.51. The van der Waals surface area contributed by atoms with Crippen molar-refractivity contribution < 1.29 is 4.79 Å². The first-order valence-corrected chi connectivity index (χ1v) is 9.06. The lowest BCUT2D eigenvalue weighted by molar-refractivity contribution is 0.0936. The van der Waals surface area contributed by atoms with Gasteiger partial charge in [-0.15, -0.1) is 11.3 Å². The summed E-state index contributed by atoms with van der Waals surface area (Å²) in [7, 11) is 0. The molecule has 2 aliphatic rings. The predicted octanol–water partition coefficient (Wildman–Crippen LogP) is 3.09. The van der Waals surface area contributed by atoms with Crippen molar-refractivity contribution in [2.75, 3.05) is 13.1 Å². The van der Waals surface area contributed by atoms with Crippen molar-refractivity contribution in [2.45, 2.75) is 58.5 Å². The number of thiophene rings is 1. The van der Waals surface area contributed by atoms with E-state index in [-0.39, 0.29) is 5.91 Å². The molecule has 1 aliphatic heterocycles. The quantitative estimate of drug-likeness (QED) is 0.931. The number of carbonyl (C=O) groups excluding carboxylic acids is 1. The molecule has 1 aromatic heterocycles. The SMILES string of the molecule is CC1CCc2c(C(=O)NC3CCN(C(C)C)C3)csc2C1. The number of likely N-dealkylation sites (tertiary alicyclic amines) is 1. The van der Waals surface area contributed by atoms with Crippen LogP contribution in [0.15, 0.2) is 5.38 Å². The summed E-state index contributed by atoms with van der Waals surface area (Å²) in [6.07, 6.45) is 4.52. The number of amides is 1. The van der Waals surface area contributed by atoms with Crippen LogP contribution in [0.1, 0.15) is 54.4 Å². The molecule has 21 heavy (non-hydrogen) atoms. The first-order valence-electron chi connectivity index (χ1n) is 8.18.